The van der Waals surface area contributed by atoms with Crippen molar-refractivity contribution in [1.82, 2.24) is 0 Å². The van der Waals surface area contributed by atoms with E-state index in [4.69, 9.17) is 4.18 Å². The van der Waals surface area contributed by atoms with E-state index >= 15 is 0 Å². The molecule has 0 saturated carbocycles. The molecule has 0 saturated heterocycles. The Labute approximate surface area is 117 Å². The van der Waals surface area contributed by atoms with Crippen LogP contribution < -0.4 is 4.90 Å². The van der Waals surface area contributed by atoms with Gasteiger partial charge in [0.25, 0.3) is 10.1 Å². The molecule has 0 bridgehead atoms. The Balaban J connectivity index is 3.16. The molecule has 1 aromatic rings. The Morgan fingerprint density at radius 1 is 1.40 bits per heavy atom. The summed E-state index contributed by atoms with van der Waals surface area (Å²) in [5.74, 6) is -0.555. The minimum atomic E-state index is -3.60. The zero-order chi connectivity index (χ0) is 15.3. The lowest BCUT2D eigenvalue weighted by Gasteiger charge is -2.16. The molecule has 8 heteroatoms. The van der Waals surface area contributed by atoms with E-state index in [1.807, 2.05) is 0 Å². The highest BCUT2D eigenvalue weighted by atomic mass is 32.2. The summed E-state index contributed by atoms with van der Waals surface area (Å²) in [6.07, 6.45) is 1.47. The number of carbonyl (C=O) groups excluding carboxylic acids is 2. The van der Waals surface area contributed by atoms with Gasteiger partial charge in [-0.3, -0.25) is 8.98 Å². The first-order valence-corrected chi connectivity index (χ1v) is 7.34. The van der Waals surface area contributed by atoms with Gasteiger partial charge in [0.05, 0.1) is 25.5 Å². The molecule has 20 heavy (non-hydrogen) atoms. The van der Waals surface area contributed by atoms with Crippen LogP contribution in [0.15, 0.2) is 18.2 Å². The van der Waals surface area contributed by atoms with Gasteiger partial charge >= 0.3 is 5.97 Å². The van der Waals surface area contributed by atoms with Crippen molar-refractivity contribution < 1.29 is 26.9 Å². The molecule has 0 fully saturated rings. The standard InChI is InChI=1S/C12H15NO6S/c1-13(8-14)11-6-9(12(15)18-2)4-5-10(11)7-19-20(3,16)17/h4-6,8H,7H2,1-3H3. The Morgan fingerprint density at radius 2 is 2.05 bits per heavy atom. The van der Waals surface area contributed by atoms with Gasteiger partial charge in [-0.1, -0.05) is 6.07 Å². The molecule has 0 spiro atoms. The predicted octanol–water partition coefficient (Wildman–Crippen LogP) is 0.542. The fourth-order valence-corrected chi connectivity index (χ4v) is 1.83. The van der Waals surface area contributed by atoms with Crippen LogP contribution in [0.3, 0.4) is 0 Å². The minimum absolute atomic E-state index is 0.228. The number of esters is 1. The van der Waals surface area contributed by atoms with Crippen molar-refractivity contribution >= 4 is 28.2 Å². The molecule has 0 N–H and O–H groups in total. The smallest absolute Gasteiger partial charge is 0.337 e. The van der Waals surface area contributed by atoms with E-state index in [2.05, 4.69) is 4.74 Å². The highest BCUT2D eigenvalue weighted by molar-refractivity contribution is 7.85. The number of methoxy groups -OCH3 is 1. The van der Waals surface area contributed by atoms with Crippen molar-refractivity contribution in [2.24, 2.45) is 0 Å². The summed E-state index contributed by atoms with van der Waals surface area (Å²) < 4.78 is 31.3. The lowest BCUT2D eigenvalue weighted by atomic mass is 10.1. The quantitative estimate of drug-likeness (QED) is 0.433. The second-order valence-corrected chi connectivity index (χ2v) is 5.66. The van der Waals surface area contributed by atoms with Crippen LogP contribution in [0, 0.1) is 0 Å². The number of carbonyl (C=O) groups is 2. The Bertz CT molecular complexity index is 610. The van der Waals surface area contributed by atoms with Gasteiger partial charge in [0.2, 0.25) is 6.41 Å². The summed E-state index contributed by atoms with van der Waals surface area (Å²) in [6, 6.07) is 4.41. The highest BCUT2D eigenvalue weighted by Crippen LogP contribution is 2.22. The third kappa shape index (κ3) is 4.32. The van der Waals surface area contributed by atoms with Crippen LogP contribution in [0.4, 0.5) is 5.69 Å². The molecule has 7 nitrogen and oxygen atoms in total. The Morgan fingerprint density at radius 3 is 2.55 bits per heavy atom. The van der Waals surface area contributed by atoms with Gasteiger partial charge in [0.1, 0.15) is 0 Å². The van der Waals surface area contributed by atoms with Gasteiger partial charge in [-0.25, -0.2) is 4.79 Å². The van der Waals surface area contributed by atoms with Gasteiger partial charge in [-0.2, -0.15) is 8.42 Å². The van der Waals surface area contributed by atoms with Crippen LogP contribution in [0.5, 0.6) is 0 Å². The molecule has 0 atom stereocenters. The van der Waals surface area contributed by atoms with Crippen molar-refractivity contribution in [3.8, 4) is 0 Å². The van der Waals surface area contributed by atoms with E-state index in [0.29, 0.717) is 17.7 Å². The van der Waals surface area contributed by atoms with Gasteiger partial charge in [-0.15, -0.1) is 0 Å². The number of amides is 1. The second kappa shape index (κ2) is 6.49. The molecule has 0 radical (unpaired) electrons. The first-order chi connectivity index (χ1) is 9.28. The van der Waals surface area contributed by atoms with Gasteiger partial charge in [0.15, 0.2) is 0 Å². The lowest BCUT2D eigenvalue weighted by molar-refractivity contribution is -0.107. The number of nitrogens with zero attached hydrogens (tertiary/aromatic N) is 1. The normalized spacial score (nSPS) is 10.9. The monoisotopic (exact) mass is 301 g/mol. The molecule has 0 unspecified atom stereocenters. The number of ether oxygens (including phenoxy) is 1. The summed E-state index contributed by atoms with van der Waals surface area (Å²) >= 11 is 0. The first-order valence-electron chi connectivity index (χ1n) is 5.52. The fraction of sp³-hybridized carbons (Fsp3) is 0.333. The zero-order valence-electron chi connectivity index (χ0n) is 11.3. The summed E-state index contributed by atoms with van der Waals surface area (Å²) in [6.45, 7) is -0.228. The van der Waals surface area contributed by atoms with E-state index in [0.717, 1.165) is 6.26 Å². The maximum absolute atomic E-state index is 11.4. The topological polar surface area (TPSA) is 90.0 Å². The van der Waals surface area contributed by atoms with Crippen molar-refractivity contribution in [1.29, 1.82) is 0 Å². The predicted molar refractivity (Wildman–Crippen MR) is 71.9 cm³/mol. The molecule has 0 aromatic heterocycles. The zero-order valence-corrected chi connectivity index (χ0v) is 12.1. The SMILES string of the molecule is COC(=O)c1ccc(COS(C)(=O)=O)c(N(C)C=O)c1. The van der Waals surface area contributed by atoms with Crippen LogP contribution in [0.1, 0.15) is 15.9 Å². The number of rotatable bonds is 6. The molecular weight excluding hydrogens is 286 g/mol. The van der Waals surface area contributed by atoms with Crippen LogP contribution >= 0.6 is 0 Å². The third-order valence-electron chi connectivity index (χ3n) is 2.47. The number of benzene rings is 1. The average molecular weight is 301 g/mol. The van der Waals surface area contributed by atoms with Gasteiger partial charge < -0.3 is 9.64 Å². The molecular formula is C12H15NO6S. The lowest BCUT2D eigenvalue weighted by Crippen LogP contribution is -2.17. The van der Waals surface area contributed by atoms with Crippen LogP contribution in [0.2, 0.25) is 0 Å². The number of anilines is 1. The first kappa shape index (κ1) is 16.1. The molecule has 0 aliphatic carbocycles. The van der Waals surface area contributed by atoms with E-state index in [9.17, 15) is 18.0 Å². The van der Waals surface area contributed by atoms with E-state index in [1.165, 1.54) is 37.3 Å². The van der Waals surface area contributed by atoms with Crippen LogP contribution in [-0.2, 0) is 30.4 Å². The Kier molecular flexibility index (Phi) is 5.23. The highest BCUT2D eigenvalue weighted by Gasteiger charge is 2.14. The molecule has 1 amide bonds. The van der Waals surface area contributed by atoms with Crippen molar-refractivity contribution in [2.45, 2.75) is 6.61 Å². The van der Waals surface area contributed by atoms with Gasteiger partial charge in [0, 0.05) is 18.3 Å². The molecule has 1 aromatic carbocycles. The second-order valence-electron chi connectivity index (χ2n) is 4.02. The summed E-state index contributed by atoms with van der Waals surface area (Å²) in [5, 5.41) is 0. The maximum Gasteiger partial charge on any atom is 0.337 e. The van der Waals surface area contributed by atoms with Crippen molar-refractivity contribution in [2.75, 3.05) is 25.3 Å². The van der Waals surface area contributed by atoms with Crippen molar-refractivity contribution in [3.63, 3.8) is 0 Å². The summed E-state index contributed by atoms with van der Waals surface area (Å²) in [7, 11) is -0.879. The summed E-state index contributed by atoms with van der Waals surface area (Å²) in [5.41, 5.74) is 1.07. The Hall–Kier alpha value is -1.93. The number of hydrogen-bond donors (Lipinski definition) is 0. The fourth-order valence-electron chi connectivity index (χ4n) is 1.49. The maximum atomic E-state index is 11.4. The minimum Gasteiger partial charge on any atom is -0.465 e. The largest absolute Gasteiger partial charge is 0.465 e. The molecule has 1 rings (SSSR count). The molecule has 110 valence electrons. The van der Waals surface area contributed by atoms with E-state index < -0.39 is 16.1 Å². The molecule has 0 aliphatic heterocycles. The van der Waals surface area contributed by atoms with Crippen molar-refractivity contribution in [3.05, 3.63) is 29.3 Å². The van der Waals surface area contributed by atoms with Crippen LogP contribution in [0.25, 0.3) is 0 Å². The van der Waals surface area contributed by atoms with E-state index in [-0.39, 0.29) is 12.2 Å². The van der Waals surface area contributed by atoms with Gasteiger partial charge in [-0.05, 0) is 12.1 Å². The average Bonchev–Trinajstić information content (AvgIpc) is 2.42. The number of hydrogen-bond acceptors (Lipinski definition) is 6. The molecule has 0 aliphatic rings. The third-order valence-corrected chi connectivity index (χ3v) is 3.02. The summed E-state index contributed by atoms with van der Waals surface area (Å²) in [4.78, 5) is 23.5. The van der Waals surface area contributed by atoms with E-state index in [1.54, 1.807) is 0 Å². The molecule has 0 heterocycles. The van der Waals surface area contributed by atoms with Crippen LogP contribution in [-0.4, -0.2) is 41.2 Å².